The molecule has 0 amide bonds. The van der Waals surface area contributed by atoms with Gasteiger partial charge in [-0.25, -0.2) is 4.99 Å². The molecule has 1 aliphatic rings. The van der Waals surface area contributed by atoms with Crippen molar-refractivity contribution in [1.82, 2.24) is 0 Å². The Morgan fingerprint density at radius 1 is 0.826 bits per heavy atom. The van der Waals surface area contributed by atoms with Gasteiger partial charge in [0, 0.05) is 36.3 Å². The van der Waals surface area contributed by atoms with Crippen LogP contribution in [0.25, 0.3) is 10.8 Å². The van der Waals surface area contributed by atoms with Gasteiger partial charge in [-0.1, -0.05) is 36.4 Å². The summed E-state index contributed by atoms with van der Waals surface area (Å²) < 4.78 is 0. The van der Waals surface area contributed by atoms with E-state index in [1.807, 2.05) is 79.7 Å². The molecule has 0 aliphatic heterocycles. The first-order chi connectivity index (χ1) is 11.1. The maximum absolute atomic E-state index is 12.7. The number of anilines is 1. The number of benzene rings is 3. The molecule has 3 aromatic rings. The maximum atomic E-state index is 12.7. The summed E-state index contributed by atoms with van der Waals surface area (Å²) in [6.45, 7) is 0. The first kappa shape index (κ1) is 13.7. The molecule has 0 saturated carbocycles. The van der Waals surface area contributed by atoms with Gasteiger partial charge in [-0.3, -0.25) is 4.79 Å². The van der Waals surface area contributed by atoms with Crippen molar-refractivity contribution in [1.29, 1.82) is 0 Å². The van der Waals surface area contributed by atoms with Crippen LogP contribution in [0.5, 0.6) is 0 Å². The lowest BCUT2D eigenvalue weighted by atomic mass is 10.1. The Balaban J connectivity index is 1.85. The van der Waals surface area contributed by atoms with Crippen molar-refractivity contribution in [2.45, 2.75) is 0 Å². The van der Waals surface area contributed by atoms with Gasteiger partial charge in [-0.2, -0.15) is 0 Å². The van der Waals surface area contributed by atoms with E-state index in [0.29, 0.717) is 5.71 Å². The van der Waals surface area contributed by atoms with Gasteiger partial charge in [0.1, 0.15) is 5.71 Å². The van der Waals surface area contributed by atoms with E-state index in [-0.39, 0.29) is 5.78 Å². The highest BCUT2D eigenvalue weighted by Gasteiger charge is 2.28. The van der Waals surface area contributed by atoms with Crippen LogP contribution in [0.15, 0.2) is 65.7 Å². The normalized spacial score (nSPS) is 14.7. The largest absolute Gasteiger partial charge is 0.378 e. The summed E-state index contributed by atoms with van der Waals surface area (Å²) in [7, 11) is 4.00. The second-order valence-corrected chi connectivity index (χ2v) is 5.91. The summed E-state index contributed by atoms with van der Waals surface area (Å²) in [5, 5.41) is 2.10. The van der Waals surface area contributed by atoms with Crippen molar-refractivity contribution in [3.05, 3.63) is 71.8 Å². The summed E-state index contributed by atoms with van der Waals surface area (Å²) in [6.07, 6.45) is 0. The smallest absolute Gasteiger partial charge is 0.212 e. The number of carbonyl (C=O) groups excluding carboxylic acids is 1. The highest BCUT2D eigenvalue weighted by Crippen LogP contribution is 2.32. The zero-order valence-electron chi connectivity index (χ0n) is 13.1. The van der Waals surface area contributed by atoms with Crippen LogP contribution in [-0.2, 0) is 0 Å². The van der Waals surface area contributed by atoms with E-state index in [0.717, 1.165) is 33.3 Å². The first-order valence-electron chi connectivity index (χ1n) is 7.58. The summed E-state index contributed by atoms with van der Waals surface area (Å²) in [4.78, 5) is 19.4. The quantitative estimate of drug-likeness (QED) is 0.709. The van der Waals surface area contributed by atoms with Crippen molar-refractivity contribution in [3.8, 4) is 0 Å². The lowest BCUT2D eigenvalue weighted by Gasteiger charge is -2.11. The number of Topliss-reactive ketones (excluding diaryl/α,β-unsaturated/α-hetero) is 1. The van der Waals surface area contributed by atoms with E-state index in [9.17, 15) is 4.79 Å². The highest BCUT2D eigenvalue weighted by molar-refractivity contribution is 6.59. The minimum Gasteiger partial charge on any atom is -0.378 e. The zero-order chi connectivity index (χ0) is 16.0. The van der Waals surface area contributed by atoms with Crippen molar-refractivity contribution in [2.24, 2.45) is 4.99 Å². The van der Waals surface area contributed by atoms with Gasteiger partial charge >= 0.3 is 0 Å². The van der Waals surface area contributed by atoms with Gasteiger partial charge in [-0.05, 0) is 29.7 Å². The molecule has 4 rings (SSSR count). The Kier molecular flexibility index (Phi) is 3.01. The molecule has 0 spiro atoms. The average Bonchev–Trinajstić information content (AvgIpc) is 2.84. The number of ketones is 1. The minimum absolute atomic E-state index is 0.00786. The number of hydrogen-bond acceptors (Lipinski definition) is 3. The van der Waals surface area contributed by atoms with Crippen LogP contribution < -0.4 is 4.90 Å². The van der Waals surface area contributed by atoms with E-state index in [1.165, 1.54) is 0 Å². The predicted molar refractivity (Wildman–Crippen MR) is 95.2 cm³/mol. The molecule has 23 heavy (non-hydrogen) atoms. The second-order valence-electron chi connectivity index (χ2n) is 5.91. The number of nitrogens with zero attached hydrogens (tertiary/aromatic N) is 2. The molecular weight excluding hydrogens is 284 g/mol. The van der Waals surface area contributed by atoms with Crippen LogP contribution in [0.1, 0.15) is 15.9 Å². The molecule has 0 heterocycles. The Morgan fingerprint density at radius 3 is 2.13 bits per heavy atom. The predicted octanol–water partition coefficient (Wildman–Crippen LogP) is 4.22. The summed E-state index contributed by atoms with van der Waals surface area (Å²) >= 11 is 0. The highest BCUT2D eigenvalue weighted by atomic mass is 16.1. The molecule has 0 saturated heterocycles. The molecule has 0 fully saturated rings. The van der Waals surface area contributed by atoms with Gasteiger partial charge in [0.25, 0.3) is 0 Å². The van der Waals surface area contributed by atoms with Gasteiger partial charge in [-0.15, -0.1) is 0 Å². The molecule has 0 radical (unpaired) electrons. The van der Waals surface area contributed by atoms with Crippen LogP contribution in [0, 0.1) is 0 Å². The fraction of sp³-hybridized carbons (Fsp3) is 0.100. The molecule has 0 atom stereocenters. The third-order valence-corrected chi connectivity index (χ3v) is 4.23. The van der Waals surface area contributed by atoms with Crippen LogP contribution in [0.3, 0.4) is 0 Å². The van der Waals surface area contributed by atoms with Crippen LogP contribution in [0.2, 0.25) is 0 Å². The number of rotatable bonds is 2. The zero-order valence-corrected chi connectivity index (χ0v) is 13.1. The Labute approximate surface area is 134 Å². The molecule has 3 aromatic carbocycles. The van der Waals surface area contributed by atoms with E-state index < -0.39 is 0 Å². The third kappa shape index (κ3) is 2.13. The van der Waals surface area contributed by atoms with Crippen LogP contribution >= 0.6 is 0 Å². The molecule has 0 unspecified atom stereocenters. The summed E-state index contributed by atoms with van der Waals surface area (Å²) in [5.74, 6) is 0.00786. The molecular formula is C20H16N2O. The Hall–Kier alpha value is -2.94. The molecule has 3 heteroatoms. The lowest BCUT2D eigenvalue weighted by Crippen LogP contribution is -2.09. The van der Waals surface area contributed by atoms with Crippen molar-refractivity contribution < 1.29 is 4.79 Å². The van der Waals surface area contributed by atoms with Gasteiger partial charge in [0.2, 0.25) is 5.78 Å². The average molecular weight is 300 g/mol. The van der Waals surface area contributed by atoms with Crippen molar-refractivity contribution in [2.75, 3.05) is 19.0 Å². The van der Waals surface area contributed by atoms with Gasteiger partial charge in [0.15, 0.2) is 0 Å². The fourth-order valence-electron chi connectivity index (χ4n) is 3.04. The standard InChI is InChI=1S/C20H16N2O/c1-22(2)15-11-9-14(10-12-15)21-19-16-7-3-5-13-6-4-8-17(18(13)16)20(19)23/h3-12H,1-2H3. The van der Waals surface area contributed by atoms with E-state index in [2.05, 4.69) is 4.99 Å². The lowest BCUT2D eigenvalue weighted by molar-refractivity contribution is 0.107. The van der Waals surface area contributed by atoms with Crippen LogP contribution in [0.4, 0.5) is 11.4 Å². The summed E-state index contributed by atoms with van der Waals surface area (Å²) in [5.41, 5.74) is 4.12. The van der Waals surface area contributed by atoms with E-state index in [4.69, 9.17) is 0 Å². The number of carbonyl (C=O) groups is 1. The monoisotopic (exact) mass is 300 g/mol. The minimum atomic E-state index is 0.00786. The molecule has 0 aromatic heterocycles. The number of aliphatic imine (C=N–C) groups is 1. The Bertz CT molecular complexity index is 948. The van der Waals surface area contributed by atoms with Crippen molar-refractivity contribution >= 4 is 33.6 Å². The SMILES string of the molecule is CN(C)c1ccc(N=C2C(=O)c3cccc4cccc2c34)cc1. The molecule has 3 nitrogen and oxygen atoms in total. The molecule has 0 N–H and O–H groups in total. The number of hydrogen-bond donors (Lipinski definition) is 0. The Morgan fingerprint density at radius 2 is 1.48 bits per heavy atom. The van der Waals surface area contributed by atoms with Gasteiger partial charge in [0.05, 0.1) is 5.69 Å². The maximum Gasteiger partial charge on any atom is 0.212 e. The molecule has 1 aliphatic carbocycles. The topological polar surface area (TPSA) is 32.7 Å². The molecule has 0 bridgehead atoms. The van der Waals surface area contributed by atoms with E-state index >= 15 is 0 Å². The summed E-state index contributed by atoms with van der Waals surface area (Å²) in [6, 6.07) is 19.7. The first-order valence-corrected chi connectivity index (χ1v) is 7.58. The van der Waals surface area contributed by atoms with Gasteiger partial charge < -0.3 is 4.90 Å². The molecule has 112 valence electrons. The third-order valence-electron chi connectivity index (χ3n) is 4.23. The van der Waals surface area contributed by atoms with Crippen molar-refractivity contribution in [3.63, 3.8) is 0 Å². The fourth-order valence-corrected chi connectivity index (χ4v) is 3.04. The second kappa shape index (κ2) is 5.06. The van der Waals surface area contributed by atoms with Crippen LogP contribution in [-0.4, -0.2) is 25.6 Å². The van der Waals surface area contributed by atoms with E-state index in [1.54, 1.807) is 0 Å².